The quantitative estimate of drug-likeness (QED) is 0.176. The summed E-state index contributed by atoms with van der Waals surface area (Å²) >= 11 is 12.3. The number of likely N-dealkylation sites (tertiary alicyclic amines) is 1. The Hall–Kier alpha value is -5.20. The Bertz CT molecular complexity index is 2510. The Morgan fingerprint density at radius 1 is 0.843 bits per heavy atom. The zero-order valence-corrected chi connectivity index (χ0v) is 29.6. The zero-order valence-electron chi connectivity index (χ0n) is 27.2. The number of hydrogen-bond acceptors (Lipinski definition) is 11. The number of rotatable bonds is 7. The van der Waals surface area contributed by atoms with Crippen molar-refractivity contribution in [3.05, 3.63) is 104 Å². The van der Waals surface area contributed by atoms with E-state index in [-0.39, 0.29) is 22.4 Å². The standard InChI is InChI=1S/C21H21ClN6O.C14H10ClN3O3S/c22-18-5-2-1-4-16(18)17-12-14-13-24-21(27-19(14)26-20(17)29)25-15-6-10-28(11-7-15)9-3-8-23;1-22(20,21)14-16-7-8-6-10(13(19)17-12(8)18-14)9-4-2-3-5-11(9)15/h1-2,4-5,12-13,15H,3,6-7,9-11H2,(H2,24,25,26,27,29);2-7H,1H3,(H,16,17,18,19). The van der Waals surface area contributed by atoms with E-state index in [1.807, 2.05) is 18.2 Å². The van der Waals surface area contributed by atoms with Gasteiger partial charge in [0, 0.05) is 93.8 Å². The van der Waals surface area contributed by atoms with Gasteiger partial charge < -0.3 is 20.2 Å². The number of H-pyrrole nitrogens is 2. The summed E-state index contributed by atoms with van der Waals surface area (Å²) in [7, 11) is -3.54. The molecule has 0 saturated carbocycles. The molecule has 0 unspecified atom stereocenters. The monoisotopic (exact) mass is 743 g/mol. The molecule has 0 atom stereocenters. The van der Waals surface area contributed by atoms with Gasteiger partial charge in [-0.15, -0.1) is 0 Å². The second kappa shape index (κ2) is 15.4. The number of pyridine rings is 2. The minimum atomic E-state index is -3.54. The molecule has 16 heteroatoms. The van der Waals surface area contributed by atoms with Gasteiger partial charge in [-0.25, -0.2) is 23.4 Å². The molecule has 5 heterocycles. The lowest BCUT2D eigenvalue weighted by Gasteiger charge is -2.31. The van der Waals surface area contributed by atoms with E-state index < -0.39 is 15.4 Å². The molecule has 1 saturated heterocycles. The topological polar surface area (TPSA) is 190 Å². The number of nitriles is 1. The van der Waals surface area contributed by atoms with Crippen molar-refractivity contribution in [2.75, 3.05) is 31.2 Å². The second-order valence-electron chi connectivity index (χ2n) is 11.9. The van der Waals surface area contributed by atoms with Gasteiger partial charge in [0.25, 0.3) is 11.1 Å². The van der Waals surface area contributed by atoms with Gasteiger partial charge in [-0.05, 0) is 37.1 Å². The first kappa shape index (κ1) is 35.6. The Morgan fingerprint density at radius 2 is 1.37 bits per heavy atom. The van der Waals surface area contributed by atoms with Crippen LogP contribution >= 0.6 is 23.2 Å². The molecule has 51 heavy (non-hydrogen) atoms. The van der Waals surface area contributed by atoms with E-state index in [1.165, 1.54) is 6.20 Å². The summed E-state index contributed by atoms with van der Waals surface area (Å²) in [6.45, 7) is 2.72. The van der Waals surface area contributed by atoms with Gasteiger partial charge in [-0.2, -0.15) is 10.2 Å². The predicted molar refractivity (Wildman–Crippen MR) is 198 cm³/mol. The molecule has 260 valence electrons. The van der Waals surface area contributed by atoms with E-state index >= 15 is 0 Å². The second-order valence-corrected chi connectivity index (χ2v) is 14.6. The Kier molecular flexibility index (Phi) is 10.7. The molecule has 4 aromatic heterocycles. The van der Waals surface area contributed by atoms with Crippen LogP contribution in [-0.4, -0.2) is 75.2 Å². The summed E-state index contributed by atoms with van der Waals surface area (Å²) < 4.78 is 22.9. The average Bonchev–Trinajstić information content (AvgIpc) is 3.11. The fourth-order valence-corrected chi connectivity index (χ4v) is 6.64. The van der Waals surface area contributed by atoms with Crippen molar-refractivity contribution in [3.8, 4) is 28.3 Å². The molecule has 13 nitrogen and oxygen atoms in total. The number of sulfone groups is 1. The highest BCUT2D eigenvalue weighted by atomic mass is 35.5. The molecule has 6 aromatic rings. The molecule has 1 fully saturated rings. The van der Waals surface area contributed by atoms with E-state index in [2.05, 4.69) is 46.2 Å². The van der Waals surface area contributed by atoms with Crippen molar-refractivity contribution < 1.29 is 8.42 Å². The first-order valence-electron chi connectivity index (χ1n) is 15.9. The van der Waals surface area contributed by atoms with Crippen LogP contribution < -0.4 is 16.4 Å². The van der Waals surface area contributed by atoms with Crippen LogP contribution in [0.15, 0.2) is 87.8 Å². The van der Waals surface area contributed by atoms with Crippen LogP contribution in [0.5, 0.6) is 0 Å². The number of piperidine rings is 1. The third kappa shape index (κ3) is 8.41. The predicted octanol–water partition coefficient (Wildman–Crippen LogP) is 5.47. The van der Waals surface area contributed by atoms with Crippen LogP contribution in [0.3, 0.4) is 0 Å². The number of fused-ring (bicyclic) bond motifs is 2. The lowest BCUT2D eigenvalue weighted by Crippen LogP contribution is -2.39. The maximum atomic E-state index is 12.6. The Labute approximate surface area is 302 Å². The van der Waals surface area contributed by atoms with E-state index in [0.29, 0.717) is 55.7 Å². The number of halogens is 2. The normalized spacial score (nSPS) is 13.8. The van der Waals surface area contributed by atoms with Gasteiger partial charge in [0.05, 0.1) is 6.07 Å². The maximum Gasteiger partial charge on any atom is 0.257 e. The summed E-state index contributed by atoms with van der Waals surface area (Å²) in [6, 6.07) is 20.0. The van der Waals surface area contributed by atoms with E-state index in [0.717, 1.165) is 44.1 Å². The van der Waals surface area contributed by atoms with E-state index in [9.17, 15) is 18.0 Å². The minimum Gasteiger partial charge on any atom is -0.351 e. The summed E-state index contributed by atoms with van der Waals surface area (Å²) in [5, 5.41) is 14.0. The Morgan fingerprint density at radius 3 is 1.90 bits per heavy atom. The fourth-order valence-electron chi connectivity index (χ4n) is 5.67. The van der Waals surface area contributed by atoms with Crippen molar-refractivity contribution in [2.24, 2.45) is 0 Å². The highest BCUT2D eigenvalue weighted by molar-refractivity contribution is 7.90. The average molecular weight is 745 g/mol. The molecule has 1 aliphatic heterocycles. The highest BCUT2D eigenvalue weighted by Crippen LogP contribution is 2.28. The van der Waals surface area contributed by atoms with Crippen LogP contribution in [0.1, 0.15) is 19.3 Å². The van der Waals surface area contributed by atoms with Crippen molar-refractivity contribution in [1.29, 1.82) is 5.26 Å². The molecule has 1 aliphatic rings. The van der Waals surface area contributed by atoms with Crippen LogP contribution in [0.2, 0.25) is 10.0 Å². The largest absolute Gasteiger partial charge is 0.351 e. The lowest BCUT2D eigenvalue weighted by molar-refractivity contribution is 0.223. The molecular weight excluding hydrogens is 713 g/mol. The lowest BCUT2D eigenvalue weighted by atomic mass is 10.1. The summed E-state index contributed by atoms with van der Waals surface area (Å²) in [4.78, 5) is 49.1. The van der Waals surface area contributed by atoms with Crippen molar-refractivity contribution in [3.63, 3.8) is 0 Å². The fraction of sp³-hybridized carbons (Fsp3) is 0.229. The van der Waals surface area contributed by atoms with Gasteiger partial charge in [-0.3, -0.25) is 9.59 Å². The number of aromatic nitrogens is 6. The van der Waals surface area contributed by atoms with Crippen molar-refractivity contribution >= 4 is 61.1 Å². The minimum absolute atomic E-state index is 0.163. The van der Waals surface area contributed by atoms with E-state index in [4.69, 9.17) is 28.5 Å². The zero-order chi connectivity index (χ0) is 36.1. The number of aromatic amines is 2. The summed E-state index contributed by atoms with van der Waals surface area (Å²) in [5.41, 5.74) is 2.15. The first-order valence-corrected chi connectivity index (χ1v) is 18.5. The number of anilines is 1. The van der Waals surface area contributed by atoms with Crippen molar-refractivity contribution in [1.82, 2.24) is 34.8 Å². The first-order chi connectivity index (χ1) is 24.5. The Balaban J connectivity index is 0.000000183. The summed E-state index contributed by atoms with van der Waals surface area (Å²) in [6.07, 6.45) is 6.57. The SMILES string of the molecule is CS(=O)(=O)c1ncc2cc(-c3ccccc3Cl)c(=O)[nH]c2n1.N#CCCN1CCC(Nc2ncc3cc(-c4ccccc4Cl)c(=O)[nH]c3n2)CC1. The highest BCUT2D eigenvalue weighted by Gasteiger charge is 2.20. The number of nitrogens with one attached hydrogen (secondary N) is 3. The molecule has 0 amide bonds. The van der Waals surface area contributed by atoms with Crippen LogP contribution in [0.4, 0.5) is 5.95 Å². The molecule has 2 aromatic carbocycles. The van der Waals surface area contributed by atoms with Gasteiger partial charge in [0.1, 0.15) is 11.3 Å². The molecular formula is C35H31Cl2N9O4S. The summed E-state index contributed by atoms with van der Waals surface area (Å²) in [5.74, 6) is 0.508. The van der Waals surface area contributed by atoms with Gasteiger partial charge in [-0.1, -0.05) is 59.6 Å². The van der Waals surface area contributed by atoms with Gasteiger partial charge in [0.15, 0.2) is 0 Å². The number of hydrogen-bond donors (Lipinski definition) is 3. The molecule has 0 radical (unpaired) electrons. The van der Waals surface area contributed by atoms with Crippen molar-refractivity contribution in [2.45, 2.75) is 30.5 Å². The smallest absolute Gasteiger partial charge is 0.257 e. The van der Waals surface area contributed by atoms with Gasteiger partial charge in [0.2, 0.25) is 20.9 Å². The van der Waals surface area contributed by atoms with Gasteiger partial charge >= 0.3 is 0 Å². The van der Waals surface area contributed by atoms with E-state index in [1.54, 1.807) is 48.7 Å². The van der Waals surface area contributed by atoms with Crippen LogP contribution in [-0.2, 0) is 9.84 Å². The third-order valence-corrected chi connectivity index (χ3v) is 9.80. The van der Waals surface area contributed by atoms with Crippen LogP contribution in [0, 0.1) is 11.3 Å². The van der Waals surface area contributed by atoms with Crippen LogP contribution in [0.25, 0.3) is 44.3 Å². The maximum absolute atomic E-state index is 12.6. The number of nitrogens with zero attached hydrogens (tertiary/aromatic N) is 6. The molecule has 7 rings (SSSR count). The number of benzene rings is 2. The molecule has 0 aliphatic carbocycles. The third-order valence-electron chi connectivity index (χ3n) is 8.29. The molecule has 0 bridgehead atoms. The molecule has 0 spiro atoms. The molecule has 3 N–H and O–H groups in total.